The molecule has 2 unspecified atom stereocenters. The van der Waals surface area contributed by atoms with Crippen molar-refractivity contribution >= 4 is 0 Å². The second kappa shape index (κ2) is 3.44. The van der Waals surface area contributed by atoms with Gasteiger partial charge in [0.15, 0.2) is 0 Å². The van der Waals surface area contributed by atoms with Crippen molar-refractivity contribution in [3.63, 3.8) is 0 Å². The lowest BCUT2D eigenvalue weighted by molar-refractivity contribution is 0.193. The van der Waals surface area contributed by atoms with Gasteiger partial charge < -0.3 is 10.4 Å². The number of rotatable bonds is 1. The summed E-state index contributed by atoms with van der Waals surface area (Å²) >= 11 is 0. The molecule has 0 saturated carbocycles. The Morgan fingerprint density at radius 3 is 2.92 bits per heavy atom. The third-order valence-electron chi connectivity index (χ3n) is 2.44. The van der Waals surface area contributed by atoms with E-state index >= 15 is 0 Å². The smallest absolute Gasteiger partial charge is 0.0682 e. The van der Waals surface area contributed by atoms with E-state index in [0.29, 0.717) is 6.54 Å². The zero-order valence-electron chi connectivity index (χ0n) is 7.70. The highest BCUT2D eigenvalue weighted by molar-refractivity contribution is 5.18. The summed E-state index contributed by atoms with van der Waals surface area (Å²) in [5.41, 5.74) is 2.20. The van der Waals surface area contributed by atoms with E-state index in [4.69, 9.17) is 0 Å². The maximum absolute atomic E-state index is 9.33. The fraction of sp³-hybridized carbons (Fsp3) is 0.500. The van der Waals surface area contributed by atoms with Crippen LogP contribution in [0.1, 0.15) is 23.7 Å². The molecule has 1 aliphatic rings. The van der Waals surface area contributed by atoms with Crippen LogP contribution in [0.3, 0.4) is 0 Å². The van der Waals surface area contributed by atoms with Crippen LogP contribution < -0.4 is 5.32 Å². The van der Waals surface area contributed by atoms with Crippen molar-refractivity contribution in [3.05, 3.63) is 29.6 Å². The van der Waals surface area contributed by atoms with Crippen LogP contribution in [0.4, 0.5) is 0 Å². The first-order valence-electron chi connectivity index (χ1n) is 4.60. The lowest BCUT2D eigenvalue weighted by Gasteiger charge is -2.09. The Morgan fingerprint density at radius 2 is 2.38 bits per heavy atom. The number of hydrogen-bond donors (Lipinski definition) is 2. The summed E-state index contributed by atoms with van der Waals surface area (Å²) in [5, 5.41) is 12.6. The van der Waals surface area contributed by atoms with Gasteiger partial charge in [0.25, 0.3) is 0 Å². The molecule has 1 fully saturated rings. The third kappa shape index (κ3) is 1.87. The Kier molecular flexibility index (Phi) is 2.29. The SMILES string of the molecule is Cc1ccc(C2CC(O)CN2)cn1. The highest BCUT2D eigenvalue weighted by Gasteiger charge is 2.23. The number of aryl methyl sites for hydroxylation is 1. The highest BCUT2D eigenvalue weighted by Crippen LogP contribution is 2.22. The number of hydrogen-bond acceptors (Lipinski definition) is 3. The zero-order chi connectivity index (χ0) is 9.26. The molecule has 13 heavy (non-hydrogen) atoms. The van der Waals surface area contributed by atoms with Crippen LogP contribution in [0.2, 0.25) is 0 Å². The molecule has 0 amide bonds. The topological polar surface area (TPSA) is 45.1 Å². The summed E-state index contributed by atoms with van der Waals surface area (Å²) in [7, 11) is 0. The second-order valence-corrected chi connectivity index (χ2v) is 3.58. The van der Waals surface area contributed by atoms with Gasteiger partial charge in [-0.1, -0.05) is 6.07 Å². The van der Waals surface area contributed by atoms with Crippen LogP contribution in [0.15, 0.2) is 18.3 Å². The molecule has 3 heteroatoms. The molecule has 2 heterocycles. The van der Waals surface area contributed by atoms with Crippen LogP contribution in [0.25, 0.3) is 0 Å². The summed E-state index contributed by atoms with van der Waals surface area (Å²) in [5.74, 6) is 0. The van der Waals surface area contributed by atoms with Crippen LogP contribution >= 0.6 is 0 Å². The maximum atomic E-state index is 9.33. The molecular formula is C10H14N2O. The van der Waals surface area contributed by atoms with E-state index in [9.17, 15) is 5.11 Å². The van der Waals surface area contributed by atoms with Crippen molar-refractivity contribution in [2.24, 2.45) is 0 Å². The minimum Gasteiger partial charge on any atom is -0.392 e. The maximum Gasteiger partial charge on any atom is 0.0682 e. The molecule has 1 aliphatic heterocycles. The molecule has 0 spiro atoms. The Balaban J connectivity index is 2.13. The van der Waals surface area contributed by atoms with Gasteiger partial charge in [0.2, 0.25) is 0 Å². The van der Waals surface area contributed by atoms with Gasteiger partial charge in [-0.05, 0) is 25.0 Å². The standard InChI is InChI=1S/C10H14N2O/c1-7-2-3-8(5-11-7)10-4-9(13)6-12-10/h2-3,5,9-10,12-13H,4,6H2,1H3. The average molecular weight is 178 g/mol. The molecule has 1 saturated heterocycles. The minimum atomic E-state index is -0.202. The van der Waals surface area contributed by atoms with Crippen LogP contribution in [0, 0.1) is 6.92 Å². The Hall–Kier alpha value is -0.930. The lowest BCUT2D eigenvalue weighted by Crippen LogP contribution is -2.14. The van der Waals surface area contributed by atoms with Crippen molar-refractivity contribution in [2.45, 2.75) is 25.5 Å². The van der Waals surface area contributed by atoms with Crippen LogP contribution in [-0.4, -0.2) is 22.7 Å². The highest BCUT2D eigenvalue weighted by atomic mass is 16.3. The number of aliphatic hydroxyl groups is 1. The van der Waals surface area contributed by atoms with E-state index in [0.717, 1.165) is 12.1 Å². The predicted molar refractivity (Wildman–Crippen MR) is 50.3 cm³/mol. The molecule has 2 rings (SSSR count). The molecule has 70 valence electrons. The second-order valence-electron chi connectivity index (χ2n) is 3.58. The molecule has 0 bridgehead atoms. The van der Waals surface area contributed by atoms with Gasteiger partial charge in [-0.15, -0.1) is 0 Å². The normalized spacial score (nSPS) is 27.8. The van der Waals surface area contributed by atoms with Crippen LogP contribution in [-0.2, 0) is 0 Å². The van der Waals surface area contributed by atoms with Gasteiger partial charge in [-0.3, -0.25) is 4.98 Å². The first kappa shape index (κ1) is 8.66. The molecule has 1 aromatic heterocycles. The van der Waals surface area contributed by atoms with Gasteiger partial charge in [-0.2, -0.15) is 0 Å². The zero-order valence-corrected chi connectivity index (χ0v) is 7.70. The first-order valence-corrected chi connectivity index (χ1v) is 4.60. The summed E-state index contributed by atoms with van der Waals surface area (Å²) in [4.78, 5) is 4.23. The summed E-state index contributed by atoms with van der Waals surface area (Å²) in [6.07, 6.45) is 2.47. The fourth-order valence-corrected chi connectivity index (χ4v) is 1.66. The van der Waals surface area contributed by atoms with Crippen molar-refractivity contribution < 1.29 is 5.11 Å². The number of aliphatic hydroxyl groups excluding tert-OH is 1. The summed E-state index contributed by atoms with van der Waals surface area (Å²) in [6, 6.07) is 4.35. The monoisotopic (exact) mass is 178 g/mol. The van der Waals surface area contributed by atoms with Crippen LogP contribution in [0.5, 0.6) is 0 Å². The number of nitrogens with zero attached hydrogens (tertiary/aromatic N) is 1. The number of nitrogens with one attached hydrogen (secondary N) is 1. The van der Waals surface area contributed by atoms with E-state index in [1.807, 2.05) is 19.2 Å². The van der Waals surface area contributed by atoms with E-state index < -0.39 is 0 Å². The minimum absolute atomic E-state index is 0.202. The van der Waals surface area contributed by atoms with Gasteiger partial charge in [0, 0.05) is 24.5 Å². The third-order valence-corrected chi connectivity index (χ3v) is 2.44. The van der Waals surface area contributed by atoms with Gasteiger partial charge in [0.05, 0.1) is 6.10 Å². The average Bonchev–Trinajstić information content (AvgIpc) is 2.53. The molecule has 2 N–H and O–H groups in total. The van der Waals surface area contributed by atoms with Crippen molar-refractivity contribution in [2.75, 3.05) is 6.54 Å². The molecule has 2 atom stereocenters. The predicted octanol–water partition coefficient (Wildman–Crippen LogP) is 0.785. The van der Waals surface area contributed by atoms with Crippen molar-refractivity contribution in [1.29, 1.82) is 0 Å². The molecule has 0 aromatic carbocycles. The quantitative estimate of drug-likeness (QED) is 0.668. The first-order chi connectivity index (χ1) is 6.25. The molecular weight excluding hydrogens is 164 g/mol. The lowest BCUT2D eigenvalue weighted by atomic mass is 10.1. The number of pyridine rings is 1. The Labute approximate surface area is 77.8 Å². The van der Waals surface area contributed by atoms with Gasteiger partial charge in [0.1, 0.15) is 0 Å². The number of β-amino-alcohol motifs (C(OH)–C–C–N with tert-alkyl or cyclic N) is 1. The summed E-state index contributed by atoms with van der Waals surface area (Å²) in [6.45, 7) is 2.67. The molecule has 0 aliphatic carbocycles. The Morgan fingerprint density at radius 1 is 1.54 bits per heavy atom. The van der Waals surface area contributed by atoms with E-state index in [2.05, 4.69) is 16.4 Å². The van der Waals surface area contributed by atoms with Gasteiger partial charge in [-0.25, -0.2) is 0 Å². The van der Waals surface area contributed by atoms with E-state index in [1.54, 1.807) is 0 Å². The molecule has 0 radical (unpaired) electrons. The Bertz CT molecular complexity index is 283. The van der Waals surface area contributed by atoms with E-state index in [-0.39, 0.29) is 12.1 Å². The molecule has 3 nitrogen and oxygen atoms in total. The van der Waals surface area contributed by atoms with Crippen molar-refractivity contribution in [3.8, 4) is 0 Å². The van der Waals surface area contributed by atoms with Gasteiger partial charge >= 0.3 is 0 Å². The largest absolute Gasteiger partial charge is 0.392 e. The van der Waals surface area contributed by atoms with E-state index in [1.165, 1.54) is 5.56 Å². The summed E-state index contributed by atoms with van der Waals surface area (Å²) < 4.78 is 0. The molecule has 1 aromatic rings. The fourth-order valence-electron chi connectivity index (χ4n) is 1.66. The van der Waals surface area contributed by atoms with Crippen molar-refractivity contribution in [1.82, 2.24) is 10.3 Å². The number of aromatic nitrogens is 1.